The Morgan fingerprint density at radius 3 is 2.90 bits per heavy atom. The maximum absolute atomic E-state index is 9.97. The number of hydrogen-bond acceptors (Lipinski definition) is 2. The summed E-state index contributed by atoms with van der Waals surface area (Å²) < 4.78 is 0. The van der Waals surface area contributed by atoms with Crippen LogP contribution >= 0.6 is 11.8 Å². The topological polar surface area (TPSA) is 37.3 Å². The van der Waals surface area contributed by atoms with Gasteiger partial charge in [-0.1, -0.05) is 0 Å². The Labute approximate surface area is 65.0 Å². The normalized spacial score (nSPS) is 8.70. The van der Waals surface area contributed by atoms with Crippen molar-refractivity contribution in [1.29, 1.82) is 0 Å². The maximum Gasteiger partial charge on any atom is 0.313 e. The van der Waals surface area contributed by atoms with Gasteiger partial charge in [-0.2, -0.15) is 11.8 Å². The number of carboxylic acid groups (broad SMARTS) is 1. The van der Waals surface area contributed by atoms with Crippen molar-refractivity contribution in [2.45, 2.75) is 12.8 Å². The van der Waals surface area contributed by atoms with E-state index in [0.717, 1.165) is 18.6 Å². The SMILES string of the molecule is C#CCCCSCC(=O)O. The Balaban J connectivity index is 2.92. The third-order valence-corrected chi connectivity index (χ3v) is 1.86. The molecule has 0 unspecified atom stereocenters. The predicted octanol–water partition coefficient (Wildman–Crippen LogP) is 1.22. The van der Waals surface area contributed by atoms with Crippen LogP contribution in [0.25, 0.3) is 0 Å². The molecule has 0 saturated heterocycles. The van der Waals surface area contributed by atoms with E-state index in [4.69, 9.17) is 11.5 Å². The Bertz CT molecular complexity index is 137. The van der Waals surface area contributed by atoms with Crippen LogP contribution in [0.1, 0.15) is 12.8 Å². The third kappa shape index (κ3) is 7.38. The van der Waals surface area contributed by atoms with E-state index in [0.29, 0.717) is 0 Å². The number of thioether (sulfide) groups is 1. The second-order valence-electron chi connectivity index (χ2n) is 1.75. The van der Waals surface area contributed by atoms with Gasteiger partial charge in [0.1, 0.15) is 0 Å². The van der Waals surface area contributed by atoms with Crippen molar-refractivity contribution < 1.29 is 9.90 Å². The lowest BCUT2D eigenvalue weighted by molar-refractivity contribution is -0.133. The van der Waals surface area contributed by atoms with Crippen LogP contribution in [0.3, 0.4) is 0 Å². The number of carboxylic acids is 1. The first-order valence-corrected chi connectivity index (χ1v) is 4.16. The first-order chi connectivity index (χ1) is 4.77. The summed E-state index contributed by atoms with van der Waals surface area (Å²) in [6.45, 7) is 0. The third-order valence-electron chi connectivity index (χ3n) is 0.835. The van der Waals surface area contributed by atoms with E-state index in [-0.39, 0.29) is 5.75 Å². The number of aliphatic carboxylic acids is 1. The first kappa shape index (κ1) is 9.38. The highest BCUT2D eigenvalue weighted by Gasteiger charge is 1.94. The summed E-state index contributed by atoms with van der Waals surface area (Å²) in [5, 5.41) is 8.21. The molecule has 0 radical (unpaired) electrons. The standard InChI is InChI=1S/C7H10O2S/c1-2-3-4-5-10-6-7(8)9/h1H,3-6H2,(H,8,9). The van der Waals surface area contributed by atoms with Gasteiger partial charge in [-0.15, -0.1) is 12.3 Å². The van der Waals surface area contributed by atoms with Gasteiger partial charge in [0.25, 0.3) is 0 Å². The van der Waals surface area contributed by atoms with Crippen molar-refractivity contribution in [1.82, 2.24) is 0 Å². The monoisotopic (exact) mass is 158 g/mol. The molecule has 0 aliphatic heterocycles. The Morgan fingerprint density at radius 2 is 2.40 bits per heavy atom. The van der Waals surface area contributed by atoms with Crippen molar-refractivity contribution in [2.75, 3.05) is 11.5 Å². The Kier molecular flexibility index (Phi) is 6.10. The van der Waals surface area contributed by atoms with Gasteiger partial charge in [-0.3, -0.25) is 4.79 Å². The van der Waals surface area contributed by atoms with E-state index in [1.54, 1.807) is 0 Å². The largest absolute Gasteiger partial charge is 0.481 e. The summed E-state index contributed by atoms with van der Waals surface area (Å²) in [4.78, 5) is 9.97. The van der Waals surface area contributed by atoms with E-state index in [1.165, 1.54) is 11.8 Å². The van der Waals surface area contributed by atoms with Crippen LogP contribution in [0.4, 0.5) is 0 Å². The van der Waals surface area contributed by atoms with Gasteiger partial charge in [0, 0.05) is 6.42 Å². The second-order valence-corrected chi connectivity index (χ2v) is 2.86. The molecule has 0 spiro atoms. The lowest BCUT2D eigenvalue weighted by Gasteiger charge is -1.93. The van der Waals surface area contributed by atoms with Crippen LogP contribution in [-0.4, -0.2) is 22.6 Å². The van der Waals surface area contributed by atoms with E-state index in [1.807, 2.05) is 0 Å². The molecule has 0 rings (SSSR count). The molecule has 3 heteroatoms. The molecule has 0 saturated carbocycles. The molecule has 0 atom stereocenters. The number of carbonyl (C=O) groups is 1. The molecule has 0 heterocycles. The predicted molar refractivity (Wildman–Crippen MR) is 43.0 cm³/mol. The molecule has 0 fully saturated rings. The van der Waals surface area contributed by atoms with Gasteiger partial charge in [-0.05, 0) is 12.2 Å². The van der Waals surface area contributed by atoms with Gasteiger partial charge < -0.3 is 5.11 Å². The molecule has 0 aromatic heterocycles. The highest BCUT2D eigenvalue weighted by Crippen LogP contribution is 2.02. The fraction of sp³-hybridized carbons (Fsp3) is 0.571. The molecule has 0 aromatic carbocycles. The van der Waals surface area contributed by atoms with Gasteiger partial charge in [0.05, 0.1) is 5.75 Å². The molecule has 0 amide bonds. The maximum atomic E-state index is 9.97. The zero-order chi connectivity index (χ0) is 7.82. The summed E-state index contributed by atoms with van der Waals surface area (Å²) in [7, 11) is 0. The van der Waals surface area contributed by atoms with Gasteiger partial charge in [0.15, 0.2) is 0 Å². The summed E-state index contributed by atoms with van der Waals surface area (Å²) in [6.07, 6.45) is 6.65. The molecule has 56 valence electrons. The van der Waals surface area contributed by atoms with Crippen molar-refractivity contribution in [3.8, 4) is 12.3 Å². The molecular weight excluding hydrogens is 148 g/mol. The molecule has 0 aliphatic carbocycles. The van der Waals surface area contributed by atoms with E-state index in [2.05, 4.69) is 5.92 Å². The van der Waals surface area contributed by atoms with Crippen molar-refractivity contribution >= 4 is 17.7 Å². The molecule has 2 nitrogen and oxygen atoms in total. The van der Waals surface area contributed by atoms with Crippen LogP contribution in [0.15, 0.2) is 0 Å². The molecule has 1 N–H and O–H groups in total. The summed E-state index contributed by atoms with van der Waals surface area (Å²) in [6, 6.07) is 0. The molecule has 0 aliphatic rings. The van der Waals surface area contributed by atoms with E-state index in [9.17, 15) is 4.79 Å². The van der Waals surface area contributed by atoms with Crippen LogP contribution in [0.2, 0.25) is 0 Å². The summed E-state index contributed by atoms with van der Waals surface area (Å²) >= 11 is 1.41. The molecule has 10 heavy (non-hydrogen) atoms. The van der Waals surface area contributed by atoms with Crippen molar-refractivity contribution in [2.24, 2.45) is 0 Å². The quantitative estimate of drug-likeness (QED) is 0.483. The minimum absolute atomic E-state index is 0.185. The van der Waals surface area contributed by atoms with Gasteiger partial charge in [-0.25, -0.2) is 0 Å². The summed E-state index contributed by atoms with van der Waals surface area (Å²) in [5.41, 5.74) is 0. The number of unbranched alkanes of at least 4 members (excludes halogenated alkanes) is 1. The fourth-order valence-electron chi connectivity index (χ4n) is 0.436. The average Bonchev–Trinajstić information content (AvgIpc) is 1.87. The summed E-state index contributed by atoms with van der Waals surface area (Å²) in [5.74, 6) is 2.77. The molecule has 0 bridgehead atoms. The van der Waals surface area contributed by atoms with Gasteiger partial charge in [0.2, 0.25) is 0 Å². The average molecular weight is 158 g/mol. The van der Waals surface area contributed by atoms with Crippen LogP contribution in [0, 0.1) is 12.3 Å². The highest BCUT2D eigenvalue weighted by molar-refractivity contribution is 7.99. The molecular formula is C7H10O2S. The minimum Gasteiger partial charge on any atom is -0.481 e. The second kappa shape index (κ2) is 6.50. The zero-order valence-corrected chi connectivity index (χ0v) is 6.49. The minimum atomic E-state index is -0.759. The zero-order valence-electron chi connectivity index (χ0n) is 5.67. The number of terminal acetylenes is 1. The smallest absolute Gasteiger partial charge is 0.313 e. The fourth-order valence-corrected chi connectivity index (χ4v) is 1.10. The van der Waals surface area contributed by atoms with Crippen molar-refractivity contribution in [3.63, 3.8) is 0 Å². The Hall–Kier alpha value is -0.620. The first-order valence-electron chi connectivity index (χ1n) is 3.00. The van der Waals surface area contributed by atoms with Gasteiger partial charge >= 0.3 is 5.97 Å². The number of hydrogen-bond donors (Lipinski definition) is 1. The lowest BCUT2D eigenvalue weighted by Crippen LogP contribution is -1.98. The molecule has 0 aromatic rings. The van der Waals surface area contributed by atoms with E-state index < -0.39 is 5.97 Å². The van der Waals surface area contributed by atoms with Crippen LogP contribution in [0.5, 0.6) is 0 Å². The van der Waals surface area contributed by atoms with Crippen molar-refractivity contribution in [3.05, 3.63) is 0 Å². The van der Waals surface area contributed by atoms with Crippen LogP contribution in [-0.2, 0) is 4.79 Å². The number of rotatable bonds is 5. The van der Waals surface area contributed by atoms with E-state index >= 15 is 0 Å². The Morgan fingerprint density at radius 1 is 1.70 bits per heavy atom. The lowest BCUT2D eigenvalue weighted by atomic mass is 10.4. The van der Waals surface area contributed by atoms with Crippen LogP contribution < -0.4 is 0 Å². The highest BCUT2D eigenvalue weighted by atomic mass is 32.2.